The first-order valence-corrected chi connectivity index (χ1v) is 6.78. The highest BCUT2D eigenvalue weighted by Gasteiger charge is 2.15. The molecule has 0 unspecified atom stereocenters. The number of carbonyl (C=O) groups is 1. The van der Waals surface area contributed by atoms with Gasteiger partial charge in [-0.3, -0.25) is 14.9 Å². The van der Waals surface area contributed by atoms with Crippen molar-refractivity contribution in [1.29, 1.82) is 0 Å². The molecule has 98 valence electrons. The molecule has 0 spiro atoms. The number of sulfone groups is 1. The third-order valence-electron chi connectivity index (χ3n) is 2.19. The number of aliphatic carboxylic acids is 1. The minimum Gasteiger partial charge on any atom is -0.480 e. The fourth-order valence-electron chi connectivity index (χ4n) is 1.32. The van der Waals surface area contributed by atoms with Crippen LogP contribution in [-0.4, -0.2) is 35.9 Å². The fourth-order valence-corrected chi connectivity index (χ4v) is 2.39. The standard InChI is InChI=1S/C10H11NO6S/c12-10(13)7-18(16,17)6-5-8-1-3-9(4-2-8)11(14)15/h1-4H,5-7H2,(H,12,13). The van der Waals surface area contributed by atoms with E-state index < -0.39 is 26.5 Å². The first-order valence-electron chi connectivity index (χ1n) is 4.96. The maximum atomic E-state index is 11.3. The molecule has 1 aromatic rings. The van der Waals surface area contributed by atoms with Crippen molar-refractivity contribution >= 4 is 21.5 Å². The quantitative estimate of drug-likeness (QED) is 0.600. The Bertz CT molecular complexity index is 548. The van der Waals surface area contributed by atoms with Crippen LogP contribution in [0.2, 0.25) is 0 Å². The molecule has 0 heterocycles. The van der Waals surface area contributed by atoms with Crippen LogP contribution in [-0.2, 0) is 21.1 Å². The third-order valence-corrected chi connectivity index (χ3v) is 3.71. The van der Waals surface area contributed by atoms with Crippen LogP contribution in [0.1, 0.15) is 5.56 Å². The monoisotopic (exact) mass is 273 g/mol. The fraction of sp³-hybridized carbons (Fsp3) is 0.300. The molecular weight excluding hydrogens is 262 g/mol. The van der Waals surface area contributed by atoms with Crippen LogP contribution in [0, 0.1) is 10.1 Å². The van der Waals surface area contributed by atoms with Crippen LogP contribution in [0.15, 0.2) is 24.3 Å². The maximum Gasteiger partial charge on any atom is 0.318 e. The number of carboxylic acids is 1. The van der Waals surface area contributed by atoms with E-state index in [0.29, 0.717) is 5.56 Å². The van der Waals surface area contributed by atoms with Gasteiger partial charge in [0.25, 0.3) is 5.69 Å². The number of nitrogens with zero attached hydrogens (tertiary/aromatic N) is 1. The Hall–Kier alpha value is -1.96. The second kappa shape index (κ2) is 5.58. The highest BCUT2D eigenvalue weighted by atomic mass is 32.2. The van der Waals surface area contributed by atoms with Gasteiger partial charge in [-0.15, -0.1) is 0 Å². The molecule has 0 atom stereocenters. The van der Waals surface area contributed by atoms with Gasteiger partial charge in [-0.25, -0.2) is 8.42 Å². The SMILES string of the molecule is O=C(O)CS(=O)(=O)CCc1ccc([N+](=O)[O-])cc1. The van der Waals surface area contributed by atoms with E-state index in [0.717, 1.165) is 0 Å². The summed E-state index contributed by atoms with van der Waals surface area (Å²) >= 11 is 0. The van der Waals surface area contributed by atoms with Gasteiger partial charge < -0.3 is 5.11 Å². The molecule has 0 radical (unpaired) electrons. The first kappa shape index (κ1) is 14.1. The molecule has 18 heavy (non-hydrogen) atoms. The van der Waals surface area contributed by atoms with Crippen molar-refractivity contribution < 1.29 is 23.2 Å². The van der Waals surface area contributed by atoms with Gasteiger partial charge in [-0.2, -0.15) is 0 Å². The first-order chi connectivity index (χ1) is 8.30. The summed E-state index contributed by atoms with van der Waals surface area (Å²) in [5.41, 5.74) is 0.529. The molecule has 0 saturated heterocycles. The number of benzene rings is 1. The Morgan fingerprint density at radius 1 is 1.28 bits per heavy atom. The van der Waals surface area contributed by atoms with Gasteiger partial charge in [0.15, 0.2) is 9.84 Å². The zero-order valence-electron chi connectivity index (χ0n) is 9.27. The van der Waals surface area contributed by atoms with E-state index in [2.05, 4.69) is 0 Å². The number of hydrogen-bond donors (Lipinski definition) is 1. The average molecular weight is 273 g/mol. The van der Waals surface area contributed by atoms with Crippen molar-refractivity contribution in [3.05, 3.63) is 39.9 Å². The highest BCUT2D eigenvalue weighted by Crippen LogP contribution is 2.12. The van der Waals surface area contributed by atoms with Crippen molar-refractivity contribution in [3.63, 3.8) is 0 Å². The van der Waals surface area contributed by atoms with Gasteiger partial charge in [0.2, 0.25) is 0 Å². The van der Waals surface area contributed by atoms with Crippen LogP contribution in [0.3, 0.4) is 0 Å². The molecule has 0 saturated carbocycles. The minimum absolute atomic E-state index is 0.0767. The lowest BCUT2D eigenvalue weighted by Gasteiger charge is -2.02. The summed E-state index contributed by atoms with van der Waals surface area (Å²) in [6, 6.07) is 5.46. The molecule has 0 aliphatic rings. The van der Waals surface area contributed by atoms with E-state index in [-0.39, 0.29) is 17.9 Å². The lowest BCUT2D eigenvalue weighted by molar-refractivity contribution is -0.384. The summed E-state index contributed by atoms with van der Waals surface area (Å²) < 4.78 is 22.6. The highest BCUT2D eigenvalue weighted by molar-refractivity contribution is 7.92. The van der Waals surface area contributed by atoms with Crippen LogP contribution in [0.25, 0.3) is 0 Å². The van der Waals surface area contributed by atoms with Gasteiger partial charge in [0.05, 0.1) is 10.7 Å². The van der Waals surface area contributed by atoms with Crippen molar-refractivity contribution in [2.75, 3.05) is 11.5 Å². The van der Waals surface area contributed by atoms with Crippen molar-refractivity contribution in [2.24, 2.45) is 0 Å². The summed E-state index contributed by atoms with van der Waals surface area (Å²) in [6.45, 7) is 0. The molecule has 0 bridgehead atoms. The third kappa shape index (κ3) is 4.50. The number of hydrogen-bond acceptors (Lipinski definition) is 5. The van der Waals surface area contributed by atoms with Gasteiger partial charge in [0, 0.05) is 12.1 Å². The summed E-state index contributed by atoms with van der Waals surface area (Å²) in [4.78, 5) is 20.1. The van der Waals surface area contributed by atoms with E-state index in [1.54, 1.807) is 0 Å². The van der Waals surface area contributed by atoms with Gasteiger partial charge in [-0.1, -0.05) is 12.1 Å². The lowest BCUT2D eigenvalue weighted by atomic mass is 10.1. The molecule has 0 amide bonds. The molecule has 1 rings (SSSR count). The molecule has 7 nitrogen and oxygen atoms in total. The Morgan fingerprint density at radius 3 is 2.28 bits per heavy atom. The molecule has 0 aromatic heterocycles. The summed E-state index contributed by atoms with van der Waals surface area (Å²) in [7, 11) is -3.64. The largest absolute Gasteiger partial charge is 0.480 e. The van der Waals surface area contributed by atoms with Crippen LogP contribution >= 0.6 is 0 Å². The number of non-ortho nitro benzene ring substituents is 1. The Kier molecular flexibility index (Phi) is 4.38. The molecule has 1 aromatic carbocycles. The predicted molar refractivity (Wildman–Crippen MR) is 63.1 cm³/mol. The number of aryl methyl sites for hydroxylation is 1. The van der Waals surface area contributed by atoms with E-state index >= 15 is 0 Å². The summed E-state index contributed by atoms with van der Waals surface area (Å²) in [6.07, 6.45) is 0.133. The number of nitro groups is 1. The molecule has 1 N–H and O–H groups in total. The molecule has 0 fully saturated rings. The minimum atomic E-state index is -3.64. The van der Waals surface area contributed by atoms with Crippen LogP contribution in [0.5, 0.6) is 0 Å². The molecule has 0 aliphatic carbocycles. The van der Waals surface area contributed by atoms with Crippen molar-refractivity contribution in [2.45, 2.75) is 6.42 Å². The van der Waals surface area contributed by atoms with Gasteiger partial charge >= 0.3 is 5.97 Å². The average Bonchev–Trinajstić information content (AvgIpc) is 2.25. The van der Waals surface area contributed by atoms with Crippen LogP contribution in [0.4, 0.5) is 5.69 Å². The summed E-state index contributed by atoms with van der Waals surface area (Å²) in [5.74, 6) is -2.59. The predicted octanol–water partition coefficient (Wildman–Crippen LogP) is 0.637. The smallest absolute Gasteiger partial charge is 0.318 e. The lowest BCUT2D eigenvalue weighted by Crippen LogP contribution is -2.19. The van der Waals surface area contributed by atoms with Crippen LogP contribution < -0.4 is 0 Å². The van der Waals surface area contributed by atoms with E-state index in [4.69, 9.17) is 5.11 Å². The Labute approximate surface area is 103 Å². The second-order valence-electron chi connectivity index (χ2n) is 3.66. The maximum absolute atomic E-state index is 11.3. The topological polar surface area (TPSA) is 115 Å². The zero-order valence-corrected chi connectivity index (χ0v) is 10.1. The van der Waals surface area contributed by atoms with Gasteiger partial charge in [0.1, 0.15) is 5.75 Å². The molecule has 0 aliphatic heterocycles. The van der Waals surface area contributed by atoms with E-state index in [1.807, 2.05) is 0 Å². The van der Waals surface area contributed by atoms with E-state index in [9.17, 15) is 23.3 Å². The van der Waals surface area contributed by atoms with Gasteiger partial charge in [-0.05, 0) is 12.0 Å². The Morgan fingerprint density at radius 2 is 1.83 bits per heavy atom. The number of rotatable bonds is 6. The zero-order chi connectivity index (χ0) is 13.8. The number of carboxylic acid groups (broad SMARTS) is 1. The normalized spacial score (nSPS) is 11.1. The Balaban J connectivity index is 2.64. The second-order valence-corrected chi connectivity index (χ2v) is 5.84. The van der Waals surface area contributed by atoms with Crippen molar-refractivity contribution in [1.82, 2.24) is 0 Å². The van der Waals surface area contributed by atoms with Crippen molar-refractivity contribution in [3.8, 4) is 0 Å². The molecular formula is C10H11NO6S. The van der Waals surface area contributed by atoms with E-state index in [1.165, 1.54) is 24.3 Å². The number of nitro benzene ring substituents is 1. The summed E-state index contributed by atoms with van der Waals surface area (Å²) in [5, 5.41) is 18.8. The molecule has 8 heteroatoms.